The molecule has 0 aliphatic carbocycles. The number of hydrogen-bond donors (Lipinski definition) is 3. The van der Waals surface area contributed by atoms with E-state index in [0.29, 0.717) is 0 Å². The van der Waals surface area contributed by atoms with E-state index in [1.54, 1.807) is 0 Å². The molecule has 3 N–H and O–H groups in total. The molecule has 0 aromatic rings. The lowest BCUT2D eigenvalue weighted by molar-refractivity contribution is -0.197. The van der Waals surface area contributed by atoms with E-state index >= 15 is 0 Å². The lowest BCUT2D eigenvalue weighted by Crippen LogP contribution is -2.30. The SMILES string of the molecule is CC(O)(CCO)OCCCS(=O)(=O)O. The van der Waals surface area contributed by atoms with Crippen molar-refractivity contribution in [1.29, 1.82) is 0 Å². The largest absolute Gasteiger partial charge is 0.396 e. The van der Waals surface area contributed by atoms with Crippen LogP contribution in [0, 0.1) is 0 Å². The Bertz CT molecular complexity index is 245. The first-order valence-corrected chi connectivity index (χ1v) is 5.80. The van der Waals surface area contributed by atoms with Crippen LogP contribution in [-0.2, 0) is 14.9 Å². The van der Waals surface area contributed by atoms with Crippen molar-refractivity contribution < 1.29 is 27.9 Å². The van der Waals surface area contributed by atoms with E-state index in [-0.39, 0.29) is 26.1 Å². The Morgan fingerprint density at radius 2 is 2.00 bits per heavy atom. The molecule has 14 heavy (non-hydrogen) atoms. The Labute approximate surface area is 83.3 Å². The van der Waals surface area contributed by atoms with Crippen molar-refractivity contribution in [1.82, 2.24) is 0 Å². The molecule has 0 aromatic heterocycles. The maximum atomic E-state index is 10.3. The van der Waals surface area contributed by atoms with Gasteiger partial charge in [0.15, 0.2) is 5.79 Å². The fourth-order valence-electron chi connectivity index (χ4n) is 0.813. The van der Waals surface area contributed by atoms with Gasteiger partial charge in [0, 0.05) is 13.0 Å². The molecule has 0 saturated carbocycles. The lowest BCUT2D eigenvalue weighted by atomic mass is 10.2. The van der Waals surface area contributed by atoms with E-state index in [2.05, 4.69) is 0 Å². The van der Waals surface area contributed by atoms with Crippen molar-refractivity contribution in [2.45, 2.75) is 25.6 Å². The fourth-order valence-corrected chi connectivity index (χ4v) is 1.30. The third-order valence-electron chi connectivity index (χ3n) is 1.54. The zero-order valence-electron chi connectivity index (χ0n) is 8.01. The highest BCUT2D eigenvalue weighted by molar-refractivity contribution is 7.85. The van der Waals surface area contributed by atoms with E-state index in [1.807, 2.05) is 0 Å². The molecule has 0 fully saturated rings. The van der Waals surface area contributed by atoms with Crippen LogP contribution in [-0.4, -0.2) is 47.9 Å². The van der Waals surface area contributed by atoms with Crippen LogP contribution in [0.4, 0.5) is 0 Å². The third kappa shape index (κ3) is 8.39. The van der Waals surface area contributed by atoms with Gasteiger partial charge in [0.25, 0.3) is 10.1 Å². The quantitative estimate of drug-likeness (QED) is 0.304. The monoisotopic (exact) mass is 228 g/mol. The first-order chi connectivity index (χ1) is 6.27. The summed E-state index contributed by atoms with van der Waals surface area (Å²) in [6, 6.07) is 0. The summed E-state index contributed by atoms with van der Waals surface area (Å²) in [7, 11) is -3.97. The van der Waals surface area contributed by atoms with Crippen LogP contribution in [0.25, 0.3) is 0 Å². The average Bonchev–Trinajstić information content (AvgIpc) is 1.96. The molecule has 6 nitrogen and oxygen atoms in total. The van der Waals surface area contributed by atoms with Crippen LogP contribution >= 0.6 is 0 Å². The Hall–Kier alpha value is -0.210. The molecule has 0 aromatic carbocycles. The third-order valence-corrected chi connectivity index (χ3v) is 2.34. The van der Waals surface area contributed by atoms with Gasteiger partial charge in [0.05, 0.1) is 12.4 Å². The predicted molar refractivity (Wildman–Crippen MR) is 49.3 cm³/mol. The summed E-state index contributed by atoms with van der Waals surface area (Å²) in [4.78, 5) is 0. The maximum absolute atomic E-state index is 10.3. The van der Waals surface area contributed by atoms with Gasteiger partial charge in [0.2, 0.25) is 0 Å². The summed E-state index contributed by atoms with van der Waals surface area (Å²) in [5.41, 5.74) is 0. The smallest absolute Gasteiger partial charge is 0.264 e. The van der Waals surface area contributed by atoms with Gasteiger partial charge in [-0.15, -0.1) is 0 Å². The molecule has 0 bridgehead atoms. The molecule has 86 valence electrons. The molecule has 0 amide bonds. The fraction of sp³-hybridized carbons (Fsp3) is 1.00. The van der Waals surface area contributed by atoms with Crippen LogP contribution in [0.1, 0.15) is 19.8 Å². The molecule has 1 unspecified atom stereocenters. The number of hydrogen-bond acceptors (Lipinski definition) is 5. The first kappa shape index (κ1) is 13.8. The minimum atomic E-state index is -3.97. The van der Waals surface area contributed by atoms with Gasteiger partial charge in [-0.25, -0.2) is 0 Å². The van der Waals surface area contributed by atoms with Crippen LogP contribution in [0.5, 0.6) is 0 Å². The minimum Gasteiger partial charge on any atom is -0.396 e. The van der Waals surface area contributed by atoms with Crippen LogP contribution in [0.2, 0.25) is 0 Å². The Kier molecular flexibility index (Phi) is 5.53. The van der Waals surface area contributed by atoms with Gasteiger partial charge in [-0.1, -0.05) is 0 Å². The van der Waals surface area contributed by atoms with Gasteiger partial charge in [-0.2, -0.15) is 8.42 Å². The highest BCUT2D eigenvalue weighted by atomic mass is 32.2. The maximum Gasteiger partial charge on any atom is 0.264 e. The highest BCUT2D eigenvalue weighted by Crippen LogP contribution is 2.10. The summed E-state index contributed by atoms with van der Waals surface area (Å²) in [5, 5.41) is 17.9. The number of ether oxygens (including phenoxy) is 1. The van der Waals surface area contributed by atoms with Gasteiger partial charge in [-0.05, 0) is 13.3 Å². The van der Waals surface area contributed by atoms with Crippen LogP contribution in [0.15, 0.2) is 0 Å². The van der Waals surface area contributed by atoms with Crippen molar-refractivity contribution in [3.63, 3.8) is 0 Å². The summed E-state index contributed by atoms with van der Waals surface area (Å²) < 4.78 is 33.8. The van der Waals surface area contributed by atoms with E-state index in [0.717, 1.165) is 0 Å². The summed E-state index contributed by atoms with van der Waals surface area (Å²) in [6.45, 7) is 1.16. The van der Waals surface area contributed by atoms with Crippen molar-refractivity contribution >= 4 is 10.1 Å². The highest BCUT2D eigenvalue weighted by Gasteiger charge is 2.19. The van der Waals surface area contributed by atoms with Gasteiger partial charge < -0.3 is 14.9 Å². The zero-order valence-corrected chi connectivity index (χ0v) is 8.83. The molecule has 0 saturated heterocycles. The molecule has 0 heterocycles. The second kappa shape index (κ2) is 5.62. The first-order valence-electron chi connectivity index (χ1n) is 4.19. The van der Waals surface area contributed by atoms with Gasteiger partial charge in [0.1, 0.15) is 0 Å². The minimum absolute atomic E-state index is 0.00674. The van der Waals surface area contributed by atoms with E-state index < -0.39 is 21.7 Å². The van der Waals surface area contributed by atoms with Crippen molar-refractivity contribution in [2.75, 3.05) is 19.0 Å². The normalized spacial score (nSPS) is 16.6. The average molecular weight is 228 g/mol. The molecule has 7 heteroatoms. The lowest BCUT2D eigenvalue weighted by Gasteiger charge is -2.22. The molecule has 1 atom stereocenters. The van der Waals surface area contributed by atoms with Crippen LogP contribution in [0.3, 0.4) is 0 Å². The Morgan fingerprint density at radius 3 is 2.43 bits per heavy atom. The van der Waals surface area contributed by atoms with E-state index in [1.165, 1.54) is 6.92 Å². The molecule has 0 rings (SSSR count). The molecule has 0 spiro atoms. The molecular formula is C7H16O6S. The molecule has 0 radical (unpaired) electrons. The van der Waals surface area contributed by atoms with Crippen LogP contribution < -0.4 is 0 Å². The molecule has 0 aliphatic rings. The predicted octanol–water partition coefficient (Wildman–Crippen LogP) is -0.628. The summed E-state index contributed by atoms with van der Waals surface area (Å²) in [6.07, 6.45) is 0.152. The Balaban J connectivity index is 3.64. The number of aliphatic hydroxyl groups is 2. The second-order valence-corrected chi connectivity index (χ2v) is 4.71. The standard InChI is InChI=1S/C7H16O6S/c1-7(9,3-4-8)13-5-2-6-14(10,11)12/h8-9H,2-6H2,1H3,(H,10,11,12). The van der Waals surface area contributed by atoms with Gasteiger partial charge in [-0.3, -0.25) is 4.55 Å². The number of rotatable bonds is 7. The van der Waals surface area contributed by atoms with E-state index in [4.69, 9.17) is 14.4 Å². The van der Waals surface area contributed by atoms with Crippen molar-refractivity contribution in [3.8, 4) is 0 Å². The summed E-state index contributed by atoms with van der Waals surface area (Å²) in [5.74, 6) is -1.85. The second-order valence-electron chi connectivity index (χ2n) is 3.14. The van der Waals surface area contributed by atoms with E-state index in [9.17, 15) is 13.5 Å². The van der Waals surface area contributed by atoms with Crippen molar-refractivity contribution in [3.05, 3.63) is 0 Å². The van der Waals surface area contributed by atoms with Gasteiger partial charge >= 0.3 is 0 Å². The topological polar surface area (TPSA) is 104 Å². The Morgan fingerprint density at radius 1 is 1.43 bits per heavy atom. The number of aliphatic hydroxyl groups excluding tert-OH is 1. The molecule has 0 aliphatic heterocycles. The van der Waals surface area contributed by atoms with Crippen molar-refractivity contribution in [2.24, 2.45) is 0 Å². The summed E-state index contributed by atoms with van der Waals surface area (Å²) >= 11 is 0. The molecular weight excluding hydrogens is 212 g/mol. The zero-order chi connectivity index (χ0) is 11.2.